The SMILES string of the molecule is CN(C)c1nc(=C2\C=Nc3ccccc32)/c(=c2\[nH]c(N(C)C)n\c2=C2/C=Nc3ccccc32)[nH]1. The van der Waals surface area contributed by atoms with Crippen LogP contribution in [0.5, 0.6) is 0 Å². The highest BCUT2D eigenvalue weighted by Gasteiger charge is 2.18. The van der Waals surface area contributed by atoms with E-state index in [4.69, 9.17) is 9.97 Å². The van der Waals surface area contributed by atoms with Crippen LogP contribution in [0.15, 0.2) is 58.5 Å². The average molecular weight is 449 g/mol. The van der Waals surface area contributed by atoms with E-state index in [1.165, 1.54) is 0 Å². The number of hydrogen-bond acceptors (Lipinski definition) is 6. The number of nitrogens with one attached hydrogen (secondary N) is 2. The van der Waals surface area contributed by atoms with Gasteiger partial charge in [-0.2, -0.15) is 0 Å². The number of rotatable bonds is 2. The zero-order valence-electron chi connectivity index (χ0n) is 19.5. The van der Waals surface area contributed by atoms with Crippen LogP contribution >= 0.6 is 0 Å². The molecule has 2 aromatic heterocycles. The number of benzene rings is 2. The van der Waals surface area contributed by atoms with Crippen LogP contribution in [0.25, 0.3) is 11.1 Å². The van der Waals surface area contributed by atoms with Crippen molar-refractivity contribution in [2.24, 2.45) is 9.98 Å². The number of fused-ring (bicyclic) bond motifs is 2. The topological polar surface area (TPSA) is 88.6 Å². The molecule has 0 fully saturated rings. The highest BCUT2D eigenvalue weighted by atomic mass is 15.2. The molecule has 0 aliphatic carbocycles. The Balaban J connectivity index is 1.83. The number of H-pyrrole nitrogens is 2. The van der Waals surface area contributed by atoms with Crippen LogP contribution in [-0.4, -0.2) is 60.6 Å². The Kier molecular flexibility index (Phi) is 4.48. The van der Waals surface area contributed by atoms with E-state index in [1.807, 2.05) is 86.8 Å². The van der Waals surface area contributed by atoms with Gasteiger partial charge in [0.25, 0.3) is 0 Å². The summed E-state index contributed by atoms with van der Waals surface area (Å²) in [6.45, 7) is 0. The molecule has 8 nitrogen and oxygen atoms in total. The summed E-state index contributed by atoms with van der Waals surface area (Å²) in [5, 5.41) is 3.39. The largest absolute Gasteiger partial charge is 0.349 e. The lowest BCUT2D eigenvalue weighted by molar-refractivity contribution is 1.02. The molecule has 0 spiro atoms. The third-order valence-electron chi connectivity index (χ3n) is 6.04. The van der Waals surface area contributed by atoms with E-state index in [9.17, 15) is 0 Å². The van der Waals surface area contributed by atoms with E-state index in [2.05, 4.69) is 32.1 Å². The van der Waals surface area contributed by atoms with Gasteiger partial charge in [0, 0.05) is 62.9 Å². The van der Waals surface area contributed by atoms with Gasteiger partial charge in [0.1, 0.15) is 10.7 Å². The summed E-state index contributed by atoms with van der Waals surface area (Å²) >= 11 is 0. The van der Waals surface area contributed by atoms with E-state index in [0.29, 0.717) is 0 Å². The third-order valence-corrected chi connectivity index (χ3v) is 6.04. The zero-order chi connectivity index (χ0) is 23.4. The molecule has 2 N–H and O–H groups in total. The second-order valence-corrected chi connectivity index (χ2v) is 8.73. The van der Waals surface area contributed by atoms with Gasteiger partial charge in [0.05, 0.1) is 22.1 Å². The van der Waals surface area contributed by atoms with Crippen molar-refractivity contribution >= 4 is 46.8 Å². The van der Waals surface area contributed by atoms with Crippen molar-refractivity contribution in [1.29, 1.82) is 0 Å². The van der Waals surface area contributed by atoms with Crippen LogP contribution in [0.3, 0.4) is 0 Å². The molecule has 0 unspecified atom stereocenters. The van der Waals surface area contributed by atoms with Gasteiger partial charge in [-0.1, -0.05) is 36.4 Å². The van der Waals surface area contributed by atoms with E-state index in [-0.39, 0.29) is 0 Å². The molecule has 2 aliphatic heterocycles. The minimum Gasteiger partial charge on any atom is -0.349 e. The van der Waals surface area contributed by atoms with Gasteiger partial charge in [-0.15, -0.1) is 0 Å². The number of para-hydroxylation sites is 2. The monoisotopic (exact) mass is 448 g/mol. The summed E-state index contributed by atoms with van der Waals surface area (Å²) in [4.78, 5) is 30.2. The first-order chi connectivity index (χ1) is 16.5. The summed E-state index contributed by atoms with van der Waals surface area (Å²) in [6.07, 6.45) is 3.79. The smallest absolute Gasteiger partial charge is 0.203 e. The highest BCUT2D eigenvalue weighted by Crippen LogP contribution is 2.30. The fourth-order valence-electron chi connectivity index (χ4n) is 4.31. The Bertz CT molecular complexity index is 1590. The van der Waals surface area contributed by atoms with Crippen molar-refractivity contribution in [3.8, 4) is 0 Å². The van der Waals surface area contributed by atoms with Crippen molar-refractivity contribution in [3.63, 3.8) is 0 Å². The molecule has 4 heterocycles. The molecule has 168 valence electrons. The summed E-state index contributed by atoms with van der Waals surface area (Å²) in [7, 11) is 7.89. The van der Waals surface area contributed by atoms with Gasteiger partial charge in [0.2, 0.25) is 11.9 Å². The molecule has 0 amide bonds. The molecule has 8 heteroatoms. The van der Waals surface area contributed by atoms with E-state index >= 15 is 0 Å². The van der Waals surface area contributed by atoms with Crippen LogP contribution in [0.2, 0.25) is 0 Å². The third kappa shape index (κ3) is 3.07. The molecular formula is C26H24N8. The number of anilines is 2. The van der Waals surface area contributed by atoms with Gasteiger partial charge < -0.3 is 19.8 Å². The Labute approximate surface area is 196 Å². The maximum Gasteiger partial charge on any atom is 0.203 e. The first kappa shape index (κ1) is 20.2. The summed E-state index contributed by atoms with van der Waals surface area (Å²) in [5.74, 6) is 1.51. The quantitative estimate of drug-likeness (QED) is 0.493. The molecule has 0 atom stereocenters. The van der Waals surface area contributed by atoms with Gasteiger partial charge in [-0.25, -0.2) is 9.97 Å². The van der Waals surface area contributed by atoms with E-state index < -0.39 is 0 Å². The van der Waals surface area contributed by atoms with E-state index in [1.54, 1.807) is 0 Å². The molecule has 0 saturated carbocycles. The minimum absolute atomic E-state index is 0.757. The molecule has 2 aromatic carbocycles. The summed E-state index contributed by atoms with van der Waals surface area (Å²) < 4.78 is 0. The van der Waals surface area contributed by atoms with Crippen molar-refractivity contribution < 1.29 is 0 Å². The second kappa shape index (κ2) is 7.55. The van der Waals surface area contributed by atoms with Crippen LogP contribution in [0, 0.1) is 10.7 Å². The molecule has 0 radical (unpaired) electrons. The van der Waals surface area contributed by atoms with Gasteiger partial charge in [0.15, 0.2) is 0 Å². The first-order valence-corrected chi connectivity index (χ1v) is 11.1. The fraction of sp³-hybridized carbons (Fsp3) is 0.154. The normalized spacial score (nSPS) is 17.8. The maximum absolute atomic E-state index is 4.97. The number of aromatic nitrogens is 4. The Morgan fingerprint density at radius 2 is 1.00 bits per heavy atom. The molecule has 0 bridgehead atoms. The minimum atomic E-state index is 0.757. The summed E-state index contributed by atoms with van der Waals surface area (Å²) in [5.41, 5.74) is 5.98. The number of hydrogen-bond donors (Lipinski definition) is 2. The Morgan fingerprint density at radius 1 is 0.588 bits per heavy atom. The van der Waals surface area contributed by atoms with Gasteiger partial charge in [-0.05, 0) is 12.1 Å². The average Bonchev–Trinajstić information content (AvgIpc) is 3.61. The lowest BCUT2D eigenvalue weighted by Crippen LogP contribution is -2.17. The van der Waals surface area contributed by atoms with Gasteiger partial charge in [-0.3, -0.25) is 9.98 Å². The molecule has 0 saturated heterocycles. The van der Waals surface area contributed by atoms with Crippen molar-refractivity contribution in [2.75, 3.05) is 38.0 Å². The van der Waals surface area contributed by atoms with Crippen LogP contribution in [0.1, 0.15) is 11.1 Å². The number of aliphatic imine (C=N–C) groups is 2. The van der Waals surface area contributed by atoms with Gasteiger partial charge >= 0.3 is 0 Å². The van der Waals surface area contributed by atoms with E-state index in [0.717, 1.165) is 66.9 Å². The van der Waals surface area contributed by atoms with Crippen LogP contribution in [0.4, 0.5) is 23.3 Å². The zero-order valence-corrected chi connectivity index (χ0v) is 19.5. The first-order valence-electron chi connectivity index (χ1n) is 11.1. The van der Waals surface area contributed by atoms with Crippen LogP contribution < -0.4 is 20.5 Å². The van der Waals surface area contributed by atoms with Crippen molar-refractivity contribution in [3.05, 3.63) is 81.1 Å². The predicted molar refractivity (Wildman–Crippen MR) is 137 cm³/mol. The molecular weight excluding hydrogens is 424 g/mol. The van der Waals surface area contributed by atoms with Crippen LogP contribution in [-0.2, 0) is 0 Å². The van der Waals surface area contributed by atoms with Crippen molar-refractivity contribution in [2.45, 2.75) is 0 Å². The Morgan fingerprint density at radius 3 is 1.41 bits per heavy atom. The highest BCUT2D eigenvalue weighted by molar-refractivity contribution is 6.16. The molecule has 2 aliphatic rings. The molecule has 6 rings (SSSR count). The number of imidazole rings is 2. The second-order valence-electron chi connectivity index (χ2n) is 8.73. The number of aromatic amines is 2. The standard InChI is InChI=1S/C26H24N8/c1-33(2)25-29-21(17-13-27-19-11-7-5-9-15(17)19)23(31-25)24-22(30-26(32-24)34(3)4)18-14-28-20-12-8-6-10-16(18)20/h5-14H,1-4H3,(H,29,31)(H,30,32)/b21-17+,22-18+,24-23+. The lowest BCUT2D eigenvalue weighted by Gasteiger charge is -2.05. The maximum atomic E-state index is 4.97. The van der Waals surface area contributed by atoms with Crippen molar-refractivity contribution in [1.82, 2.24) is 19.9 Å². The predicted octanol–water partition coefficient (Wildman–Crippen LogP) is 2.38. The lowest BCUT2D eigenvalue weighted by atomic mass is 10.1. The summed E-state index contributed by atoms with van der Waals surface area (Å²) in [6, 6.07) is 16.3. The Hall–Kier alpha value is -4.46. The fourth-order valence-corrected chi connectivity index (χ4v) is 4.31. The number of nitrogens with zero attached hydrogens (tertiary/aromatic N) is 6. The molecule has 34 heavy (non-hydrogen) atoms. The molecule has 4 aromatic rings.